The molecule has 17 heavy (non-hydrogen) atoms. The number of rotatable bonds is 2. The molecule has 0 aliphatic heterocycles. The van der Waals surface area contributed by atoms with Crippen LogP contribution in [0.15, 0.2) is 36.8 Å². The van der Waals surface area contributed by atoms with Gasteiger partial charge in [-0.1, -0.05) is 45.0 Å². The van der Waals surface area contributed by atoms with Crippen LogP contribution in [0.1, 0.15) is 37.6 Å². The highest BCUT2D eigenvalue weighted by Crippen LogP contribution is 2.22. The van der Waals surface area contributed by atoms with Crippen molar-refractivity contribution in [2.75, 3.05) is 0 Å². The monoisotopic (exact) mass is 228 g/mol. The van der Waals surface area contributed by atoms with Gasteiger partial charge < -0.3 is 4.57 Å². The average Bonchev–Trinajstić information content (AvgIpc) is 2.64. The molecule has 0 unspecified atom stereocenters. The third kappa shape index (κ3) is 2.76. The van der Waals surface area contributed by atoms with Crippen molar-refractivity contribution in [1.29, 1.82) is 0 Å². The number of aromatic nitrogens is 2. The fourth-order valence-electron chi connectivity index (χ4n) is 1.89. The van der Waals surface area contributed by atoms with Gasteiger partial charge in [0.1, 0.15) is 0 Å². The first-order chi connectivity index (χ1) is 7.97. The second kappa shape index (κ2) is 4.36. The van der Waals surface area contributed by atoms with E-state index in [1.807, 2.05) is 19.6 Å². The van der Waals surface area contributed by atoms with Crippen LogP contribution in [0.3, 0.4) is 0 Å². The average molecular weight is 228 g/mol. The van der Waals surface area contributed by atoms with E-state index in [0.717, 1.165) is 6.42 Å². The quantitative estimate of drug-likeness (QED) is 0.771. The van der Waals surface area contributed by atoms with Gasteiger partial charge in [0.25, 0.3) is 0 Å². The van der Waals surface area contributed by atoms with E-state index in [0.29, 0.717) is 0 Å². The van der Waals surface area contributed by atoms with Crippen LogP contribution in [-0.2, 0) is 18.9 Å². The molecule has 2 heteroatoms. The number of imidazole rings is 1. The van der Waals surface area contributed by atoms with Gasteiger partial charge in [-0.05, 0) is 16.5 Å². The largest absolute Gasteiger partial charge is 0.337 e. The highest BCUT2D eigenvalue weighted by molar-refractivity contribution is 5.29. The van der Waals surface area contributed by atoms with E-state index >= 15 is 0 Å². The zero-order valence-electron chi connectivity index (χ0n) is 11.1. The Bertz CT molecular complexity index is 486. The Balaban J connectivity index is 2.17. The summed E-state index contributed by atoms with van der Waals surface area (Å²) in [5, 5.41) is 0. The van der Waals surface area contributed by atoms with Gasteiger partial charge in [0.05, 0.1) is 6.33 Å². The molecule has 0 N–H and O–H groups in total. The Morgan fingerprint density at radius 1 is 1.12 bits per heavy atom. The first-order valence-electron chi connectivity index (χ1n) is 6.01. The second-order valence-corrected chi connectivity index (χ2v) is 5.62. The van der Waals surface area contributed by atoms with E-state index in [1.165, 1.54) is 16.8 Å². The fourth-order valence-corrected chi connectivity index (χ4v) is 1.89. The Morgan fingerprint density at radius 2 is 1.76 bits per heavy atom. The topological polar surface area (TPSA) is 17.8 Å². The lowest BCUT2D eigenvalue weighted by Gasteiger charge is -2.19. The van der Waals surface area contributed by atoms with Gasteiger partial charge in [-0.2, -0.15) is 0 Å². The van der Waals surface area contributed by atoms with Crippen molar-refractivity contribution in [2.45, 2.75) is 32.6 Å². The molecule has 0 saturated carbocycles. The summed E-state index contributed by atoms with van der Waals surface area (Å²) in [4.78, 5) is 4.14. The molecule has 2 nitrogen and oxygen atoms in total. The van der Waals surface area contributed by atoms with Gasteiger partial charge >= 0.3 is 0 Å². The summed E-state index contributed by atoms with van der Waals surface area (Å²) in [7, 11) is 2.03. The predicted molar refractivity (Wildman–Crippen MR) is 71.2 cm³/mol. The van der Waals surface area contributed by atoms with Gasteiger partial charge in [-0.25, -0.2) is 4.98 Å². The van der Waals surface area contributed by atoms with Crippen molar-refractivity contribution in [3.05, 3.63) is 53.6 Å². The molecule has 2 aromatic rings. The van der Waals surface area contributed by atoms with Crippen molar-refractivity contribution in [3.8, 4) is 0 Å². The summed E-state index contributed by atoms with van der Waals surface area (Å²) in [5.41, 5.74) is 4.19. The van der Waals surface area contributed by atoms with Crippen LogP contribution >= 0.6 is 0 Å². The third-order valence-electron chi connectivity index (χ3n) is 3.12. The minimum atomic E-state index is 0.227. The van der Waals surface area contributed by atoms with Crippen LogP contribution in [0.2, 0.25) is 0 Å². The molecule has 0 fully saturated rings. The molecule has 1 aromatic carbocycles. The molecule has 0 aliphatic rings. The maximum absolute atomic E-state index is 4.14. The lowest BCUT2D eigenvalue weighted by Crippen LogP contribution is -2.10. The molecule has 0 atom stereocenters. The van der Waals surface area contributed by atoms with E-state index in [9.17, 15) is 0 Å². The Labute approximate surface area is 103 Å². The minimum absolute atomic E-state index is 0.227. The molecule has 1 aromatic heterocycles. The third-order valence-corrected chi connectivity index (χ3v) is 3.12. The summed E-state index contributed by atoms with van der Waals surface area (Å²) in [6.07, 6.45) is 4.72. The van der Waals surface area contributed by atoms with Gasteiger partial charge in [-0.15, -0.1) is 0 Å². The Morgan fingerprint density at radius 3 is 2.24 bits per heavy atom. The molecule has 0 spiro atoms. The number of hydrogen-bond acceptors (Lipinski definition) is 1. The van der Waals surface area contributed by atoms with Crippen LogP contribution in [0.4, 0.5) is 0 Å². The van der Waals surface area contributed by atoms with E-state index < -0.39 is 0 Å². The second-order valence-electron chi connectivity index (χ2n) is 5.62. The number of nitrogens with zero attached hydrogens (tertiary/aromatic N) is 2. The number of benzene rings is 1. The number of aryl methyl sites for hydroxylation is 1. The van der Waals surface area contributed by atoms with Gasteiger partial charge in [0.15, 0.2) is 0 Å². The van der Waals surface area contributed by atoms with Crippen molar-refractivity contribution in [3.63, 3.8) is 0 Å². The van der Waals surface area contributed by atoms with E-state index in [4.69, 9.17) is 0 Å². The van der Waals surface area contributed by atoms with E-state index in [2.05, 4.69) is 54.6 Å². The lowest BCUT2D eigenvalue weighted by molar-refractivity contribution is 0.590. The van der Waals surface area contributed by atoms with Crippen molar-refractivity contribution in [2.24, 2.45) is 7.05 Å². The smallest absolute Gasteiger partial charge is 0.0945 e. The maximum atomic E-state index is 4.14. The Hall–Kier alpha value is -1.57. The standard InChI is InChI=1S/C15H20N2/c1-15(2,3)13-7-5-12(6-8-13)9-14-10-16-11-17(14)4/h5-8,10-11H,9H2,1-4H3. The predicted octanol–water partition coefficient (Wildman–Crippen LogP) is 3.31. The van der Waals surface area contributed by atoms with Gasteiger partial charge in [0.2, 0.25) is 0 Å². The zero-order chi connectivity index (χ0) is 12.5. The summed E-state index contributed by atoms with van der Waals surface area (Å²) < 4.78 is 2.07. The molecule has 90 valence electrons. The minimum Gasteiger partial charge on any atom is -0.337 e. The van der Waals surface area contributed by atoms with Crippen LogP contribution in [0.5, 0.6) is 0 Å². The summed E-state index contributed by atoms with van der Waals surface area (Å²) >= 11 is 0. The van der Waals surface area contributed by atoms with Crippen LogP contribution in [-0.4, -0.2) is 9.55 Å². The Kier molecular flexibility index (Phi) is 3.05. The molecule has 0 aliphatic carbocycles. The zero-order valence-corrected chi connectivity index (χ0v) is 11.1. The van der Waals surface area contributed by atoms with Crippen LogP contribution < -0.4 is 0 Å². The summed E-state index contributed by atoms with van der Waals surface area (Å²) in [6.45, 7) is 6.72. The maximum Gasteiger partial charge on any atom is 0.0945 e. The van der Waals surface area contributed by atoms with Gasteiger partial charge in [-0.3, -0.25) is 0 Å². The normalized spacial score (nSPS) is 11.8. The number of hydrogen-bond donors (Lipinski definition) is 0. The van der Waals surface area contributed by atoms with E-state index in [-0.39, 0.29) is 5.41 Å². The molecule has 0 amide bonds. The lowest BCUT2D eigenvalue weighted by atomic mass is 9.86. The highest BCUT2D eigenvalue weighted by Gasteiger charge is 2.12. The molecular weight excluding hydrogens is 208 g/mol. The summed E-state index contributed by atoms with van der Waals surface area (Å²) in [6, 6.07) is 8.89. The van der Waals surface area contributed by atoms with E-state index in [1.54, 1.807) is 0 Å². The van der Waals surface area contributed by atoms with Gasteiger partial charge in [0, 0.05) is 25.4 Å². The molecule has 0 saturated heterocycles. The fraction of sp³-hybridized carbons (Fsp3) is 0.400. The summed E-state index contributed by atoms with van der Waals surface area (Å²) in [5.74, 6) is 0. The molecular formula is C15H20N2. The van der Waals surface area contributed by atoms with Crippen LogP contribution in [0, 0.1) is 0 Å². The first-order valence-corrected chi connectivity index (χ1v) is 6.01. The highest BCUT2D eigenvalue weighted by atomic mass is 15.0. The SMILES string of the molecule is Cn1cncc1Cc1ccc(C(C)(C)C)cc1. The molecule has 1 heterocycles. The molecule has 0 radical (unpaired) electrons. The van der Waals surface area contributed by atoms with Crippen molar-refractivity contribution < 1.29 is 0 Å². The molecule has 0 bridgehead atoms. The molecule has 2 rings (SSSR count). The van der Waals surface area contributed by atoms with Crippen LogP contribution in [0.25, 0.3) is 0 Å². The van der Waals surface area contributed by atoms with Crippen molar-refractivity contribution >= 4 is 0 Å². The van der Waals surface area contributed by atoms with Crippen molar-refractivity contribution in [1.82, 2.24) is 9.55 Å². The first kappa shape index (κ1) is 11.9.